The quantitative estimate of drug-likeness (QED) is 0.757. The molecule has 1 saturated heterocycles. The van der Waals surface area contributed by atoms with Crippen molar-refractivity contribution in [3.8, 4) is 0 Å². The second-order valence-corrected chi connectivity index (χ2v) is 8.91. The second-order valence-electron chi connectivity index (χ2n) is 7.20. The van der Waals surface area contributed by atoms with Gasteiger partial charge in [0.2, 0.25) is 5.89 Å². The molecule has 10 heteroatoms. The molecule has 0 bridgehead atoms. The number of nitrogens with one attached hydrogen (secondary N) is 2. The highest BCUT2D eigenvalue weighted by Gasteiger charge is 2.35. The highest BCUT2D eigenvalue weighted by molar-refractivity contribution is 7.87. The van der Waals surface area contributed by atoms with Crippen LogP contribution >= 0.6 is 0 Å². The molecule has 0 spiro atoms. The Hall–Kier alpha value is -2.04. The predicted octanol–water partition coefficient (Wildman–Crippen LogP) is 2.28. The molecule has 2 atom stereocenters. The maximum atomic E-state index is 14.6. The maximum absolute atomic E-state index is 14.6. The van der Waals surface area contributed by atoms with Crippen molar-refractivity contribution in [3.63, 3.8) is 0 Å². The lowest BCUT2D eigenvalue weighted by Gasteiger charge is -2.30. The number of rotatable bonds is 6. The van der Waals surface area contributed by atoms with Gasteiger partial charge in [-0.3, -0.25) is 0 Å². The number of hydrogen-bond donors (Lipinski definition) is 2. The van der Waals surface area contributed by atoms with Crippen LogP contribution in [-0.4, -0.2) is 36.0 Å². The minimum atomic E-state index is -3.87. The van der Waals surface area contributed by atoms with Crippen molar-refractivity contribution in [2.75, 3.05) is 13.1 Å². The molecule has 2 aromatic rings. The molecule has 3 rings (SSSR count). The summed E-state index contributed by atoms with van der Waals surface area (Å²) in [5.41, 5.74) is 1.95. The zero-order chi connectivity index (χ0) is 20.5. The van der Waals surface area contributed by atoms with E-state index in [0.717, 1.165) is 24.8 Å². The first-order chi connectivity index (χ1) is 13.2. The Morgan fingerprint density at radius 1 is 1.25 bits per heavy atom. The van der Waals surface area contributed by atoms with Crippen molar-refractivity contribution >= 4 is 10.2 Å². The van der Waals surface area contributed by atoms with E-state index in [9.17, 15) is 17.6 Å². The maximum Gasteiger partial charge on any atom is 0.434 e. The van der Waals surface area contributed by atoms with Crippen molar-refractivity contribution in [2.45, 2.75) is 52.0 Å². The van der Waals surface area contributed by atoms with Gasteiger partial charge in [-0.2, -0.15) is 17.4 Å². The fourth-order valence-electron chi connectivity index (χ4n) is 3.61. The molecular formula is C18H25FN4O4S. The van der Waals surface area contributed by atoms with Gasteiger partial charge < -0.3 is 4.42 Å². The monoisotopic (exact) mass is 412 g/mol. The van der Waals surface area contributed by atoms with Crippen LogP contribution in [0.25, 0.3) is 0 Å². The average Bonchev–Trinajstić information content (AvgIpc) is 3.10. The smallest absolute Gasteiger partial charge is 0.391 e. The first-order valence-corrected chi connectivity index (χ1v) is 10.7. The largest absolute Gasteiger partial charge is 0.434 e. The Morgan fingerprint density at radius 3 is 2.54 bits per heavy atom. The van der Waals surface area contributed by atoms with Gasteiger partial charge >= 0.3 is 5.76 Å². The fourth-order valence-corrected chi connectivity index (χ4v) is 5.12. The number of halogens is 1. The summed E-state index contributed by atoms with van der Waals surface area (Å²) < 4.78 is 49.4. The number of H-pyrrole nitrogens is 1. The van der Waals surface area contributed by atoms with Gasteiger partial charge in [0, 0.05) is 19.0 Å². The molecule has 28 heavy (non-hydrogen) atoms. The van der Waals surface area contributed by atoms with Crippen LogP contribution in [0.4, 0.5) is 4.39 Å². The van der Waals surface area contributed by atoms with Crippen LogP contribution in [0.2, 0.25) is 0 Å². The van der Waals surface area contributed by atoms with E-state index < -0.39 is 33.7 Å². The van der Waals surface area contributed by atoms with E-state index in [1.54, 1.807) is 19.9 Å². The molecule has 0 radical (unpaired) electrons. The van der Waals surface area contributed by atoms with Crippen molar-refractivity contribution < 1.29 is 17.2 Å². The number of hydrogen-bond acceptors (Lipinski definition) is 5. The molecule has 2 N–H and O–H groups in total. The molecular weight excluding hydrogens is 387 g/mol. The summed E-state index contributed by atoms with van der Waals surface area (Å²) in [6.07, 6.45) is 2.54. The van der Waals surface area contributed by atoms with Crippen LogP contribution in [-0.2, 0) is 10.2 Å². The van der Waals surface area contributed by atoms with Gasteiger partial charge in [-0.05, 0) is 49.4 Å². The molecule has 0 saturated carbocycles. The second kappa shape index (κ2) is 8.14. The van der Waals surface area contributed by atoms with Gasteiger partial charge in [-0.25, -0.2) is 14.3 Å². The Balaban J connectivity index is 2.01. The predicted molar refractivity (Wildman–Crippen MR) is 102 cm³/mol. The Labute approximate surface area is 163 Å². The van der Waals surface area contributed by atoms with Gasteiger partial charge in [-0.1, -0.05) is 19.4 Å². The van der Waals surface area contributed by atoms with E-state index in [-0.39, 0.29) is 5.89 Å². The van der Waals surface area contributed by atoms with E-state index in [4.69, 9.17) is 4.42 Å². The third-order valence-corrected chi connectivity index (χ3v) is 6.94. The van der Waals surface area contributed by atoms with Crippen molar-refractivity contribution in [1.82, 2.24) is 19.2 Å². The summed E-state index contributed by atoms with van der Waals surface area (Å²) >= 11 is 0. The van der Waals surface area contributed by atoms with Crippen LogP contribution in [0.1, 0.15) is 60.7 Å². The van der Waals surface area contributed by atoms with Crippen molar-refractivity contribution in [2.24, 2.45) is 0 Å². The standard InChI is InChI=1S/C18H25FN4O4S/c1-11-7-8-14(19)15(12(11)2)13(3)16(17-20-21-18(24)27-17)22-28(25,26)23-9-5-4-6-10-23/h7-8,13,16,22H,4-6,9-10H2,1-3H3,(H,21,24)/t13?,16-/m0/s1. The molecule has 0 amide bonds. The molecule has 1 aromatic heterocycles. The first-order valence-electron chi connectivity index (χ1n) is 9.29. The van der Waals surface area contributed by atoms with Crippen LogP contribution in [0.3, 0.4) is 0 Å². The molecule has 1 aliphatic heterocycles. The summed E-state index contributed by atoms with van der Waals surface area (Å²) in [6, 6.07) is 1.98. The molecule has 0 aliphatic carbocycles. The summed E-state index contributed by atoms with van der Waals surface area (Å²) in [6.45, 7) is 6.15. The Kier molecular flexibility index (Phi) is 6.01. The molecule has 8 nitrogen and oxygen atoms in total. The Morgan fingerprint density at radius 2 is 1.93 bits per heavy atom. The van der Waals surface area contributed by atoms with Crippen LogP contribution in [0.5, 0.6) is 0 Å². The van der Waals surface area contributed by atoms with E-state index in [2.05, 4.69) is 14.9 Å². The van der Waals surface area contributed by atoms with Crippen LogP contribution in [0.15, 0.2) is 21.3 Å². The molecule has 1 fully saturated rings. The van der Waals surface area contributed by atoms with Gasteiger partial charge in [-0.15, -0.1) is 5.10 Å². The highest BCUT2D eigenvalue weighted by atomic mass is 32.2. The molecule has 1 aromatic carbocycles. The number of aryl methyl sites for hydroxylation is 1. The minimum Gasteiger partial charge on any atom is -0.391 e. The zero-order valence-corrected chi connectivity index (χ0v) is 17.0. The fraction of sp³-hybridized carbons (Fsp3) is 0.556. The third-order valence-electron chi connectivity index (χ3n) is 5.34. The summed E-state index contributed by atoms with van der Waals surface area (Å²) in [5.74, 6) is -2.04. The first kappa shape index (κ1) is 20.7. The number of benzene rings is 1. The van der Waals surface area contributed by atoms with E-state index in [1.165, 1.54) is 10.4 Å². The number of aromatic amines is 1. The van der Waals surface area contributed by atoms with E-state index in [1.807, 2.05) is 6.92 Å². The Bertz CT molecular complexity index is 995. The molecule has 1 aliphatic rings. The lowest BCUT2D eigenvalue weighted by molar-refractivity contribution is 0.325. The van der Waals surface area contributed by atoms with Gasteiger partial charge in [0.25, 0.3) is 10.2 Å². The van der Waals surface area contributed by atoms with E-state index in [0.29, 0.717) is 24.2 Å². The van der Waals surface area contributed by atoms with Gasteiger partial charge in [0.15, 0.2) is 0 Å². The van der Waals surface area contributed by atoms with Crippen LogP contribution < -0.4 is 10.5 Å². The number of piperidine rings is 1. The summed E-state index contributed by atoms with van der Waals surface area (Å²) in [4.78, 5) is 11.5. The van der Waals surface area contributed by atoms with Gasteiger partial charge in [0.05, 0.1) is 0 Å². The minimum absolute atomic E-state index is 0.126. The lowest BCUT2D eigenvalue weighted by atomic mass is 9.88. The topological polar surface area (TPSA) is 108 Å². The number of aromatic nitrogens is 2. The SMILES string of the molecule is Cc1ccc(F)c(C(C)[C@H](NS(=O)(=O)N2CCCCC2)c2n[nH]c(=O)o2)c1C. The number of nitrogens with zero attached hydrogens (tertiary/aromatic N) is 2. The molecule has 1 unspecified atom stereocenters. The summed E-state index contributed by atoms with van der Waals surface area (Å²) in [7, 11) is -3.87. The third kappa shape index (κ3) is 4.18. The zero-order valence-electron chi connectivity index (χ0n) is 16.2. The summed E-state index contributed by atoms with van der Waals surface area (Å²) in [5, 5.41) is 5.95. The van der Waals surface area contributed by atoms with E-state index >= 15 is 0 Å². The average molecular weight is 412 g/mol. The molecule has 2 heterocycles. The molecule has 154 valence electrons. The highest BCUT2D eigenvalue weighted by Crippen LogP contribution is 2.35. The van der Waals surface area contributed by atoms with Crippen LogP contribution in [0, 0.1) is 19.7 Å². The van der Waals surface area contributed by atoms with Crippen molar-refractivity contribution in [3.05, 3.63) is 51.1 Å². The normalized spacial score (nSPS) is 18.1. The van der Waals surface area contributed by atoms with Crippen molar-refractivity contribution in [1.29, 1.82) is 0 Å². The van der Waals surface area contributed by atoms with Gasteiger partial charge in [0.1, 0.15) is 11.9 Å². The lowest BCUT2D eigenvalue weighted by Crippen LogP contribution is -2.45.